The summed E-state index contributed by atoms with van der Waals surface area (Å²) in [5.74, 6) is -6.43. The minimum absolute atomic E-state index is 0.00219. The van der Waals surface area contributed by atoms with Crippen molar-refractivity contribution in [3.63, 3.8) is 0 Å². The van der Waals surface area contributed by atoms with Gasteiger partial charge in [0, 0.05) is 31.3 Å². The molecule has 7 nitrogen and oxygen atoms in total. The van der Waals surface area contributed by atoms with E-state index in [0.29, 0.717) is 5.56 Å². The number of piperazine rings is 1. The van der Waals surface area contributed by atoms with Crippen LogP contribution < -0.4 is 10.2 Å². The van der Waals surface area contributed by atoms with Crippen LogP contribution in [0.15, 0.2) is 42.5 Å². The highest BCUT2D eigenvalue weighted by atomic mass is 19.4. The molecule has 3 fully saturated rings. The third-order valence-electron chi connectivity index (χ3n) is 7.72. The number of carbonyl (C=O) groups is 3. The summed E-state index contributed by atoms with van der Waals surface area (Å²) in [4.78, 5) is 42.1. The van der Waals surface area contributed by atoms with Crippen molar-refractivity contribution in [1.29, 1.82) is 5.26 Å². The molecule has 210 valence electrons. The van der Waals surface area contributed by atoms with Gasteiger partial charge in [-0.3, -0.25) is 19.3 Å². The molecule has 3 amide bonds. The van der Waals surface area contributed by atoms with E-state index in [2.05, 4.69) is 5.32 Å². The minimum atomic E-state index is -4.57. The van der Waals surface area contributed by atoms with Gasteiger partial charge in [-0.1, -0.05) is 12.1 Å². The molecule has 2 aromatic carbocycles. The Labute approximate surface area is 224 Å². The Morgan fingerprint density at radius 1 is 1.05 bits per heavy atom. The van der Waals surface area contributed by atoms with Crippen molar-refractivity contribution in [2.24, 2.45) is 5.92 Å². The first-order valence-corrected chi connectivity index (χ1v) is 12.4. The van der Waals surface area contributed by atoms with E-state index >= 15 is 0 Å². The number of nitrogens with one attached hydrogen (secondary N) is 1. The van der Waals surface area contributed by atoms with Crippen LogP contribution >= 0.6 is 0 Å². The summed E-state index contributed by atoms with van der Waals surface area (Å²) >= 11 is 0. The fourth-order valence-corrected chi connectivity index (χ4v) is 5.53. The highest BCUT2D eigenvalue weighted by Gasteiger charge is 2.62. The number of anilines is 1. The van der Waals surface area contributed by atoms with E-state index in [1.165, 1.54) is 29.2 Å². The first kappa shape index (κ1) is 27.5. The zero-order valence-corrected chi connectivity index (χ0v) is 20.8. The Balaban J connectivity index is 1.41. The van der Waals surface area contributed by atoms with Crippen LogP contribution in [0.25, 0.3) is 0 Å². The highest BCUT2D eigenvalue weighted by molar-refractivity contribution is 6.10. The molecule has 13 heteroatoms. The smallest absolute Gasteiger partial charge is 0.353 e. The van der Waals surface area contributed by atoms with Gasteiger partial charge in [-0.2, -0.15) is 18.4 Å². The monoisotopic (exact) mass is 564 g/mol. The number of nitriles is 1. The van der Waals surface area contributed by atoms with E-state index in [4.69, 9.17) is 5.26 Å². The molecule has 5 rings (SSSR count). The molecule has 0 radical (unpaired) electrons. The largest absolute Gasteiger partial charge is 0.416 e. The van der Waals surface area contributed by atoms with Crippen LogP contribution in [0, 0.1) is 23.1 Å². The lowest BCUT2D eigenvalue weighted by Gasteiger charge is -2.56. The van der Waals surface area contributed by atoms with E-state index < -0.39 is 78.1 Å². The summed E-state index contributed by atoms with van der Waals surface area (Å²) in [6.45, 7) is -0.812. The number of alkyl halides is 5. The van der Waals surface area contributed by atoms with Crippen molar-refractivity contribution in [3.8, 4) is 6.07 Å². The standard InChI is InChI=1S/C27H22F6N4O3/c28-20-7-16(12-34)3-6-21(20)36-14-22(38)37(13-15-1-4-18(5-2-15)27(31,32)33)25(24(36)40)8-17(9-25)23(39)35-19-10-26(29,30)11-19/h1-7,17,19H,8-11,13-14H2,(H,35,39). The quantitative estimate of drug-likeness (QED) is 0.553. The number of nitrogens with zero attached hydrogens (tertiary/aromatic N) is 3. The van der Waals surface area contributed by atoms with Crippen LogP contribution in [0.2, 0.25) is 0 Å². The summed E-state index contributed by atoms with van der Waals surface area (Å²) < 4.78 is 80.2. The van der Waals surface area contributed by atoms with Crippen molar-refractivity contribution < 1.29 is 40.7 Å². The fraction of sp³-hybridized carbons (Fsp3) is 0.407. The van der Waals surface area contributed by atoms with Gasteiger partial charge in [0.1, 0.15) is 17.9 Å². The molecule has 2 aromatic rings. The third kappa shape index (κ3) is 4.87. The van der Waals surface area contributed by atoms with Gasteiger partial charge in [-0.25, -0.2) is 13.2 Å². The molecule has 0 unspecified atom stereocenters. The Bertz CT molecular complexity index is 1400. The lowest BCUT2D eigenvalue weighted by Crippen LogP contribution is -2.74. The van der Waals surface area contributed by atoms with Gasteiger partial charge in [0.2, 0.25) is 11.8 Å². The maximum Gasteiger partial charge on any atom is 0.416 e. The van der Waals surface area contributed by atoms with Crippen LogP contribution in [-0.4, -0.2) is 46.7 Å². The molecule has 1 N–H and O–H groups in total. The number of benzene rings is 2. The molecule has 2 saturated carbocycles. The van der Waals surface area contributed by atoms with E-state index in [1.54, 1.807) is 6.07 Å². The molecule has 1 saturated heterocycles. The van der Waals surface area contributed by atoms with E-state index in [0.717, 1.165) is 23.1 Å². The van der Waals surface area contributed by atoms with Gasteiger partial charge in [0.25, 0.3) is 11.8 Å². The van der Waals surface area contributed by atoms with E-state index in [1.807, 2.05) is 0 Å². The summed E-state index contributed by atoms with van der Waals surface area (Å²) in [6, 6.07) is 8.51. The zero-order valence-electron chi connectivity index (χ0n) is 20.8. The van der Waals surface area contributed by atoms with Gasteiger partial charge in [0.15, 0.2) is 0 Å². The number of hydrogen-bond donors (Lipinski definition) is 1. The molecule has 1 aliphatic heterocycles. The Hall–Kier alpha value is -4.08. The summed E-state index contributed by atoms with van der Waals surface area (Å²) in [5.41, 5.74) is -2.44. The predicted molar refractivity (Wildman–Crippen MR) is 127 cm³/mol. The van der Waals surface area contributed by atoms with Gasteiger partial charge in [0.05, 0.1) is 22.9 Å². The first-order chi connectivity index (χ1) is 18.7. The second kappa shape index (κ2) is 9.53. The van der Waals surface area contributed by atoms with E-state index in [9.17, 15) is 40.7 Å². The molecule has 2 aliphatic carbocycles. The number of hydrogen-bond acceptors (Lipinski definition) is 4. The molecular formula is C27H22F6N4O3. The lowest BCUT2D eigenvalue weighted by molar-refractivity contribution is -0.166. The summed E-state index contributed by atoms with van der Waals surface area (Å²) in [6.07, 6.45) is -5.93. The zero-order chi connectivity index (χ0) is 29.0. The third-order valence-corrected chi connectivity index (χ3v) is 7.72. The molecule has 0 atom stereocenters. The highest BCUT2D eigenvalue weighted by Crippen LogP contribution is 2.48. The molecular weight excluding hydrogens is 542 g/mol. The Kier molecular flexibility index (Phi) is 6.55. The predicted octanol–water partition coefficient (Wildman–Crippen LogP) is 4.15. The lowest BCUT2D eigenvalue weighted by atomic mass is 9.64. The maximum atomic E-state index is 14.8. The topological polar surface area (TPSA) is 93.5 Å². The molecule has 1 heterocycles. The summed E-state index contributed by atoms with van der Waals surface area (Å²) in [5, 5.41) is 11.5. The van der Waals surface area contributed by atoms with Gasteiger partial charge in [-0.15, -0.1) is 0 Å². The van der Waals surface area contributed by atoms with Crippen molar-refractivity contribution in [2.75, 3.05) is 11.4 Å². The van der Waals surface area contributed by atoms with Crippen LogP contribution in [-0.2, 0) is 27.1 Å². The number of rotatable bonds is 5. The van der Waals surface area contributed by atoms with E-state index in [-0.39, 0.29) is 30.6 Å². The summed E-state index contributed by atoms with van der Waals surface area (Å²) in [7, 11) is 0. The average molecular weight is 564 g/mol. The van der Waals surface area contributed by atoms with Crippen LogP contribution in [0.5, 0.6) is 0 Å². The minimum Gasteiger partial charge on any atom is -0.353 e. The number of amides is 3. The van der Waals surface area contributed by atoms with Gasteiger partial charge >= 0.3 is 6.18 Å². The molecule has 40 heavy (non-hydrogen) atoms. The van der Waals surface area contributed by atoms with Crippen molar-refractivity contribution >= 4 is 23.4 Å². The first-order valence-electron chi connectivity index (χ1n) is 12.4. The number of halogens is 6. The normalized spacial score (nSPS) is 20.6. The van der Waals surface area contributed by atoms with Crippen molar-refractivity contribution in [1.82, 2.24) is 10.2 Å². The van der Waals surface area contributed by atoms with Crippen LogP contribution in [0.4, 0.5) is 32.0 Å². The van der Waals surface area contributed by atoms with Crippen molar-refractivity contribution in [2.45, 2.75) is 55.9 Å². The second-order valence-electron chi connectivity index (χ2n) is 10.5. The molecule has 0 bridgehead atoms. The van der Waals surface area contributed by atoms with Crippen LogP contribution in [0.3, 0.4) is 0 Å². The second-order valence-corrected chi connectivity index (χ2v) is 10.5. The van der Waals surface area contributed by atoms with Gasteiger partial charge in [-0.05, 0) is 48.7 Å². The molecule has 3 aliphatic rings. The average Bonchev–Trinajstić information content (AvgIpc) is 2.84. The fourth-order valence-electron chi connectivity index (χ4n) is 5.53. The molecule has 1 spiro atoms. The Morgan fingerprint density at radius 3 is 2.25 bits per heavy atom. The molecule has 0 aromatic heterocycles. The Morgan fingerprint density at radius 2 is 1.70 bits per heavy atom. The van der Waals surface area contributed by atoms with Crippen molar-refractivity contribution in [3.05, 3.63) is 65.0 Å². The van der Waals surface area contributed by atoms with Gasteiger partial charge < -0.3 is 10.2 Å². The maximum absolute atomic E-state index is 14.8. The SMILES string of the molecule is N#Cc1ccc(N2CC(=O)N(Cc3ccc(C(F)(F)F)cc3)C3(CC(C(=O)NC4CC(F)(F)C4)C3)C2=O)c(F)c1. The number of carbonyl (C=O) groups excluding carboxylic acids is 3. The van der Waals surface area contributed by atoms with Crippen LogP contribution in [0.1, 0.15) is 42.4 Å².